The molecule has 0 aromatic heterocycles. The molecule has 2 atom stereocenters. The first kappa shape index (κ1) is 16.3. The summed E-state index contributed by atoms with van der Waals surface area (Å²) in [6.07, 6.45) is 3.39. The Labute approximate surface area is 135 Å². The summed E-state index contributed by atoms with van der Waals surface area (Å²) in [7, 11) is 0. The molecule has 1 amide bonds. The van der Waals surface area contributed by atoms with Crippen LogP contribution in [0.15, 0.2) is 16.6 Å². The van der Waals surface area contributed by atoms with Gasteiger partial charge in [-0.1, -0.05) is 15.9 Å². The maximum absolute atomic E-state index is 12.4. The second-order valence-electron chi connectivity index (χ2n) is 6.09. The highest BCUT2D eigenvalue weighted by atomic mass is 79.9. The molecule has 1 aromatic rings. The van der Waals surface area contributed by atoms with Gasteiger partial charge in [0, 0.05) is 16.6 Å². The number of ether oxygens (including phenoxy) is 1. The van der Waals surface area contributed by atoms with Gasteiger partial charge in [-0.15, -0.1) is 0 Å². The summed E-state index contributed by atoms with van der Waals surface area (Å²) in [5.41, 5.74) is 2.24. The van der Waals surface area contributed by atoms with Crippen LogP contribution < -0.4 is 4.74 Å². The van der Waals surface area contributed by atoms with Gasteiger partial charge in [-0.25, -0.2) is 0 Å². The molecule has 116 valence electrons. The minimum atomic E-state index is 0.0907. The fraction of sp³-hybridized carbons (Fsp3) is 0.588. The molecule has 0 unspecified atom stereocenters. The van der Waals surface area contributed by atoms with E-state index in [9.17, 15) is 4.79 Å². The van der Waals surface area contributed by atoms with Gasteiger partial charge in [0.1, 0.15) is 5.75 Å². The number of carbonyl (C=O) groups excluding carboxylic acids is 1. The van der Waals surface area contributed by atoms with Crippen LogP contribution in [0.25, 0.3) is 0 Å². The molecule has 0 radical (unpaired) electrons. The van der Waals surface area contributed by atoms with Gasteiger partial charge in [-0.2, -0.15) is 0 Å². The first-order valence-electron chi connectivity index (χ1n) is 7.61. The summed E-state index contributed by atoms with van der Waals surface area (Å²) in [4.78, 5) is 14.4. The van der Waals surface area contributed by atoms with Crippen molar-refractivity contribution in [3.63, 3.8) is 0 Å². The van der Waals surface area contributed by atoms with Crippen LogP contribution >= 0.6 is 15.9 Å². The van der Waals surface area contributed by atoms with Crippen molar-refractivity contribution in [2.24, 2.45) is 0 Å². The Kier molecular flexibility index (Phi) is 5.31. The number of carbonyl (C=O) groups is 1. The Hall–Kier alpha value is -1.03. The minimum absolute atomic E-state index is 0.0907. The van der Waals surface area contributed by atoms with Crippen LogP contribution in [0.3, 0.4) is 0 Å². The quantitative estimate of drug-likeness (QED) is 0.813. The van der Waals surface area contributed by atoms with Crippen molar-refractivity contribution in [2.45, 2.75) is 59.0 Å². The first-order chi connectivity index (χ1) is 9.90. The maximum atomic E-state index is 12.4. The second kappa shape index (κ2) is 6.82. The van der Waals surface area contributed by atoms with E-state index in [4.69, 9.17) is 4.74 Å². The van der Waals surface area contributed by atoms with Gasteiger partial charge < -0.3 is 9.64 Å². The average Bonchev–Trinajstić information content (AvgIpc) is 2.42. The minimum Gasteiger partial charge on any atom is -0.484 e. The number of halogens is 1. The third kappa shape index (κ3) is 3.79. The largest absolute Gasteiger partial charge is 0.484 e. The Morgan fingerprint density at radius 2 is 1.76 bits per heavy atom. The number of benzene rings is 1. The topological polar surface area (TPSA) is 29.5 Å². The molecule has 0 saturated carbocycles. The Bertz CT molecular complexity index is 497. The van der Waals surface area contributed by atoms with E-state index < -0.39 is 0 Å². The van der Waals surface area contributed by atoms with E-state index in [1.807, 2.05) is 30.9 Å². The monoisotopic (exact) mass is 353 g/mol. The van der Waals surface area contributed by atoms with Crippen molar-refractivity contribution in [2.75, 3.05) is 6.61 Å². The number of rotatable bonds is 3. The lowest BCUT2D eigenvalue weighted by molar-refractivity contribution is -0.139. The smallest absolute Gasteiger partial charge is 0.260 e. The van der Waals surface area contributed by atoms with Crippen molar-refractivity contribution in [1.82, 2.24) is 4.90 Å². The van der Waals surface area contributed by atoms with Gasteiger partial charge in [-0.05, 0) is 70.2 Å². The van der Waals surface area contributed by atoms with Crippen LogP contribution in [0.2, 0.25) is 0 Å². The third-order valence-electron chi connectivity index (χ3n) is 4.25. The predicted molar refractivity (Wildman–Crippen MR) is 88.7 cm³/mol. The molecule has 21 heavy (non-hydrogen) atoms. The summed E-state index contributed by atoms with van der Waals surface area (Å²) in [5.74, 6) is 0.854. The van der Waals surface area contributed by atoms with Crippen LogP contribution in [0.1, 0.15) is 44.2 Å². The van der Waals surface area contributed by atoms with E-state index in [-0.39, 0.29) is 12.5 Å². The summed E-state index contributed by atoms with van der Waals surface area (Å²) in [6.45, 7) is 8.43. The van der Waals surface area contributed by atoms with E-state index >= 15 is 0 Å². The normalized spacial score (nSPS) is 22.2. The van der Waals surface area contributed by atoms with Gasteiger partial charge in [0.15, 0.2) is 6.61 Å². The van der Waals surface area contributed by atoms with E-state index in [1.54, 1.807) is 0 Å². The van der Waals surface area contributed by atoms with Crippen LogP contribution in [-0.2, 0) is 4.79 Å². The molecule has 1 fully saturated rings. The molecule has 0 spiro atoms. The molecule has 0 bridgehead atoms. The summed E-state index contributed by atoms with van der Waals surface area (Å²) in [6, 6.07) is 4.57. The van der Waals surface area contributed by atoms with Gasteiger partial charge in [0.2, 0.25) is 0 Å². The van der Waals surface area contributed by atoms with Crippen LogP contribution in [0, 0.1) is 13.8 Å². The lowest BCUT2D eigenvalue weighted by atomic mass is 9.97. The summed E-state index contributed by atoms with van der Waals surface area (Å²) >= 11 is 3.54. The van der Waals surface area contributed by atoms with Crippen molar-refractivity contribution < 1.29 is 9.53 Å². The number of hydrogen-bond donors (Lipinski definition) is 0. The van der Waals surface area contributed by atoms with Crippen LogP contribution in [0.4, 0.5) is 0 Å². The van der Waals surface area contributed by atoms with Crippen molar-refractivity contribution in [3.05, 3.63) is 27.7 Å². The van der Waals surface area contributed by atoms with E-state index in [2.05, 4.69) is 29.8 Å². The van der Waals surface area contributed by atoms with E-state index in [0.29, 0.717) is 12.1 Å². The third-order valence-corrected chi connectivity index (χ3v) is 5.50. The SMILES string of the molecule is Cc1cc(OCC(=O)N2[C@H](C)CCC[C@@H]2C)cc(C)c1Br. The fourth-order valence-corrected chi connectivity index (χ4v) is 3.35. The molecule has 0 aliphatic carbocycles. The highest BCUT2D eigenvalue weighted by Crippen LogP contribution is 2.27. The molecule has 1 aliphatic rings. The second-order valence-corrected chi connectivity index (χ2v) is 6.88. The number of nitrogens with zero attached hydrogens (tertiary/aromatic N) is 1. The van der Waals surface area contributed by atoms with Crippen LogP contribution in [0.5, 0.6) is 5.75 Å². The number of likely N-dealkylation sites (tertiary alicyclic amines) is 1. The molecule has 1 aromatic carbocycles. The van der Waals surface area contributed by atoms with Crippen molar-refractivity contribution in [1.29, 1.82) is 0 Å². The zero-order valence-corrected chi connectivity index (χ0v) is 14.9. The zero-order valence-electron chi connectivity index (χ0n) is 13.3. The maximum Gasteiger partial charge on any atom is 0.260 e. The summed E-state index contributed by atoms with van der Waals surface area (Å²) < 4.78 is 6.82. The average molecular weight is 354 g/mol. The molecule has 1 heterocycles. The van der Waals surface area contributed by atoms with Crippen LogP contribution in [-0.4, -0.2) is 29.5 Å². The molecular weight excluding hydrogens is 330 g/mol. The molecular formula is C17H24BrNO2. The van der Waals surface area contributed by atoms with Crippen molar-refractivity contribution >= 4 is 21.8 Å². The number of piperidine rings is 1. The molecule has 4 heteroatoms. The molecule has 3 nitrogen and oxygen atoms in total. The predicted octanol–water partition coefficient (Wildman–Crippen LogP) is 4.23. The van der Waals surface area contributed by atoms with E-state index in [0.717, 1.165) is 34.2 Å². The fourth-order valence-electron chi connectivity index (χ4n) is 3.12. The lowest BCUT2D eigenvalue weighted by Crippen LogP contribution is -2.49. The summed E-state index contributed by atoms with van der Waals surface area (Å²) in [5, 5.41) is 0. The van der Waals surface area contributed by atoms with Crippen molar-refractivity contribution in [3.8, 4) is 5.75 Å². The Balaban J connectivity index is 2.01. The zero-order chi connectivity index (χ0) is 15.6. The highest BCUT2D eigenvalue weighted by Gasteiger charge is 2.28. The standard InChI is InChI=1S/C17H24BrNO2/c1-11-8-15(9-12(2)17(11)18)21-10-16(20)19-13(3)6-5-7-14(19)4/h8-9,13-14H,5-7,10H2,1-4H3/t13-,14+. The Morgan fingerprint density at radius 1 is 1.24 bits per heavy atom. The van der Waals surface area contributed by atoms with Gasteiger partial charge in [-0.3, -0.25) is 4.79 Å². The molecule has 0 N–H and O–H groups in total. The molecule has 1 saturated heterocycles. The Morgan fingerprint density at radius 3 is 2.29 bits per heavy atom. The first-order valence-corrected chi connectivity index (χ1v) is 8.40. The number of aryl methyl sites for hydroxylation is 2. The highest BCUT2D eigenvalue weighted by molar-refractivity contribution is 9.10. The van der Waals surface area contributed by atoms with Gasteiger partial charge in [0.05, 0.1) is 0 Å². The number of amides is 1. The number of hydrogen-bond acceptors (Lipinski definition) is 2. The molecule has 2 rings (SSSR count). The van der Waals surface area contributed by atoms with Gasteiger partial charge >= 0.3 is 0 Å². The van der Waals surface area contributed by atoms with E-state index in [1.165, 1.54) is 6.42 Å². The lowest BCUT2D eigenvalue weighted by Gasteiger charge is -2.39. The molecule has 1 aliphatic heterocycles. The van der Waals surface area contributed by atoms with Gasteiger partial charge in [0.25, 0.3) is 5.91 Å².